The first-order chi connectivity index (χ1) is 8.47. The smallest absolute Gasteiger partial charge is 0.130 e. The number of aromatic nitrogens is 2. The van der Waals surface area contributed by atoms with Crippen LogP contribution in [0.15, 0.2) is 6.07 Å². The minimum atomic E-state index is 0.127. The second-order valence-electron chi connectivity index (χ2n) is 5.79. The average Bonchev–Trinajstić information content (AvgIpc) is 2.28. The Kier molecular flexibility index (Phi) is 3.97. The molecule has 1 aromatic rings. The van der Waals surface area contributed by atoms with E-state index in [2.05, 4.69) is 34.0 Å². The first kappa shape index (κ1) is 13.4. The summed E-state index contributed by atoms with van der Waals surface area (Å²) in [6, 6.07) is 2.03. The highest BCUT2D eigenvalue weighted by molar-refractivity contribution is 5.10. The van der Waals surface area contributed by atoms with Crippen LogP contribution in [-0.4, -0.2) is 46.6 Å². The molecular weight excluding hydrogens is 224 g/mol. The summed E-state index contributed by atoms with van der Waals surface area (Å²) in [5.41, 5.74) is 2.25. The van der Waals surface area contributed by atoms with Crippen LogP contribution in [0.3, 0.4) is 0 Å². The van der Waals surface area contributed by atoms with Crippen molar-refractivity contribution in [1.29, 1.82) is 0 Å². The van der Waals surface area contributed by atoms with E-state index in [0.29, 0.717) is 0 Å². The summed E-state index contributed by atoms with van der Waals surface area (Å²) in [5.74, 6) is 0.969. The summed E-state index contributed by atoms with van der Waals surface area (Å²) >= 11 is 0. The monoisotopic (exact) mass is 248 g/mol. The van der Waals surface area contributed by atoms with Crippen LogP contribution >= 0.6 is 0 Å². The Morgan fingerprint density at radius 2 is 1.72 bits per heavy atom. The van der Waals surface area contributed by atoms with E-state index in [-0.39, 0.29) is 5.54 Å². The number of piperazine rings is 1. The Bertz CT molecular complexity index is 388. The largest absolute Gasteiger partial charge is 0.314 e. The lowest BCUT2D eigenvalue weighted by Crippen LogP contribution is -2.54. The molecular formula is C14H24N4. The van der Waals surface area contributed by atoms with Gasteiger partial charge in [-0.1, -0.05) is 0 Å². The molecule has 1 fully saturated rings. The fourth-order valence-corrected chi connectivity index (χ4v) is 2.65. The molecule has 4 heteroatoms. The van der Waals surface area contributed by atoms with Gasteiger partial charge in [0.05, 0.1) is 0 Å². The van der Waals surface area contributed by atoms with Gasteiger partial charge in [-0.3, -0.25) is 4.90 Å². The molecule has 0 radical (unpaired) electrons. The Hall–Kier alpha value is -1.00. The number of nitrogens with zero attached hydrogens (tertiary/aromatic N) is 3. The molecule has 100 valence electrons. The van der Waals surface area contributed by atoms with Gasteiger partial charge in [-0.05, 0) is 33.8 Å². The molecule has 1 aromatic heterocycles. The number of hydrogen-bond donors (Lipinski definition) is 1. The summed E-state index contributed by atoms with van der Waals surface area (Å²) < 4.78 is 0. The molecule has 0 amide bonds. The molecule has 1 aliphatic heterocycles. The normalized spacial score (nSPS) is 18.0. The zero-order valence-corrected chi connectivity index (χ0v) is 12.0. The highest BCUT2D eigenvalue weighted by Gasteiger charge is 2.29. The molecule has 0 spiro atoms. The minimum absolute atomic E-state index is 0.127. The molecule has 0 saturated carbocycles. The van der Waals surface area contributed by atoms with Gasteiger partial charge in [0.15, 0.2) is 0 Å². The van der Waals surface area contributed by atoms with Gasteiger partial charge >= 0.3 is 0 Å². The van der Waals surface area contributed by atoms with E-state index in [1.165, 1.54) is 0 Å². The van der Waals surface area contributed by atoms with Crippen molar-refractivity contribution in [2.45, 2.75) is 39.7 Å². The van der Waals surface area contributed by atoms with Gasteiger partial charge in [-0.2, -0.15) is 0 Å². The van der Waals surface area contributed by atoms with Crippen LogP contribution in [-0.2, 0) is 6.42 Å². The van der Waals surface area contributed by atoms with Crippen LogP contribution in [0.25, 0.3) is 0 Å². The molecule has 1 saturated heterocycles. The maximum absolute atomic E-state index is 4.56. The second kappa shape index (κ2) is 5.33. The molecule has 1 N–H and O–H groups in total. The lowest BCUT2D eigenvalue weighted by atomic mass is 9.96. The van der Waals surface area contributed by atoms with Crippen molar-refractivity contribution in [2.24, 2.45) is 0 Å². The first-order valence-electron chi connectivity index (χ1n) is 6.74. The summed E-state index contributed by atoms with van der Waals surface area (Å²) in [6.07, 6.45) is 0.912. The van der Waals surface area contributed by atoms with Gasteiger partial charge in [0.25, 0.3) is 0 Å². The van der Waals surface area contributed by atoms with Gasteiger partial charge in [-0.25, -0.2) is 9.97 Å². The topological polar surface area (TPSA) is 41.1 Å². The quantitative estimate of drug-likeness (QED) is 0.876. The van der Waals surface area contributed by atoms with Crippen molar-refractivity contribution in [3.63, 3.8) is 0 Å². The number of rotatable bonds is 3. The molecule has 2 heterocycles. The fraction of sp³-hybridized carbons (Fsp3) is 0.714. The molecule has 18 heavy (non-hydrogen) atoms. The van der Waals surface area contributed by atoms with Crippen LogP contribution in [0.4, 0.5) is 0 Å². The second-order valence-corrected chi connectivity index (χ2v) is 5.79. The van der Waals surface area contributed by atoms with Crippen molar-refractivity contribution in [3.8, 4) is 0 Å². The SMILES string of the molecule is Cc1cc(C)nc(CC(C)(C)N2CCNCC2)n1. The minimum Gasteiger partial charge on any atom is -0.314 e. The van der Waals surface area contributed by atoms with Crippen molar-refractivity contribution in [2.75, 3.05) is 26.2 Å². The highest BCUT2D eigenvalue weighted by Crippen LogP contribution is 2.19. The Balaban J connectivity index is 2.10. The van der Waals surface area contributed by atoms with Crippen LogP contribution < -0.4 is 5.32 Å². The van der Waals surface area contributed by atoms with E-state index in [1.54, 1.807) is 0 Å². The van der Waals surface area contributed by atoms with Gasteiger partial charge in [0.1, 0.15) is 5.82 Å². The van der Waals surface area contributed by atoms with Gasteiger partial charge in [-0.15, -0.1) is 0 Å². The molecule has 0 atom stereocenters. The molecule has 1 aliphatic rings. The molecule has 0 aliphatic carbocycles. The van der Waals surface area contributed by atoms with Crippen molar-refractivity contribution >= 4 is 0 Å². The summed E-state index contributed by atoms with van der Waals surface area (Å²) in [4.78, 5) is 11.7. The molecule has 0 unspecified atom stereocenters. The maximum atomic E-state index is 4.56. The summed E-state index contributed by atoms with van der Waals surface area (Å²) in [7, 11) is 0. The molecule has 0 aromatic carbocycles. The van der Waals surface area contributed by atoms with Crippen LogP contribution in [0.5, 0.6) is 0 Å². The third kappa shape index (κ3) is 3.27. The number of hydrogen-bond acceptors (Lipinski definition) is 4. The lowest BCUT2D eigenvalue weighted by Gasteiger charge is -2.41. The Labute approximate surface area is 110 Å². The van der Waals surface area contributed by atoms with Gasteiger partial charge in [0, 0.05) is 49.5 Å². The standard InChI is InChI=1S/C14H24N4/c1-11-9-12(2)17-13(16-11)10-14(3,4)18-7-5-15-6-8-18/h9,15H,5-8,10H2,1-4H3. The van der Waals surface area contributed by atoms with E-state index in [9.17, 15) is 0 Å². The molecule has 2 rings (SSSR count). The third-order valence-electron chi connectivity index (χ3n) is 3.59. The lowest BCUT2D eigenvalue weighted by molar-refractivity contribution is 0.102. The van der Waals surface area contributed by atoms with E-state index in [4.69, 9.17) is 0 Å². The average molecular weight is 248 g/mol. The third-order valence-corrected chi connectivity index (χ3v) is 3.59. The van der Waals surface area contributed by atoms with Gasteiger partial charge in [0.2, 0.25) is 0 Å². The Morgan fingerprint density at radius 3 is 2.28 bits per heavy atom. The molecule has 4 nitrogen and oxygen atoms in total. The van der Waals surface area contributed by atoms with Gasteiger partial charge < -0.3 is 5.32 Å². The predicted molar refractivity (Wildman–Crippen MR) is 73.7 cm³/mol. The number of nitrogens with one attached hydrogen (secondary N) is 1. The first-order valence-corrected chi connectivity index (χ1v) is 6.74. The summed E-state index contributed by atoms with van der Waals surface area (Å²) in [6.45, 7) is 13.0. The fourth-order valence-electron chi connectivity index (χ4n) is 2.65. The van der Waals surface area contributed by atoms with E-state index in [0.717, 1.165) is 49.8 Å². The number of aryl methyl sites for hydroxylation is 2. The van der Waals surface area contributed by atoms with Crippen LogP contribution in [0.2, 0.25) is 0 Å². The van der Waals surface area contributed by atoms with E-state index >= 15 is 0 Å². The van der Waals surface area contributed by atoms with Crippen molar-refractivity contribution in [1.82, 2.24) is 20.2 Å². The maximum Gasteiger partial charge on any atom is 0.130 e. The van der Waals surface area contributed by atoms with Crippen molar-refractivity contribution < 1.29 is 0 Å². The zero-order chi connectivity index (χ0) is 13.2. The highest BCUT2D eigenvalue weighted by atomic mass is 15.2. The molecule has 0 bridgehead atoms. The van der Waals surface area contributed by atoms with Crippen molar-refractivity contribution in [3.05, 3.63) is 23.3 Å². The Morgan fingerprint density at radius 1 is 1.17 bits per heavy atom. The van der Waals surface area contributed by atoms with E-state index in [1.807, 2.05) is 19.9 Å². The summed E-state index contributed by atoms with van der Waals surface area (Å²) in [5, 5.41) is 3.40. The predicted octanol–water partition coefficient (Wildman–Crippen LogP) is 1.32. The van der Waals surface area contributed by atoms with Crippen LogP contribution in [0.1, 0.15) is 31.1 Å². The van der Waals surface area contributed by atoms with E-state index < -0.39 is 0 Å². The van der Waals surface area contributed by atoms with Crippen LogP contribution in [0, 0.1) is 13.8 Å². The zero-order valence-electron chi connectivity index (χ0n) is 12.0.